The normalized spacial score (nSPS) is 19.1. The van der Waals surface area contributed by atoms with Crippen molar-refractivity contribution in [1.82, 2.24) is 15.5 Å². The number of hydrogen-bond acceptors (Lipinski definition) is 3. The number of aliphatic hydroxyl groups is 1. The minimum absolute atomic E-state index is 0. The second kappa shape index (κ2) is 12.2. The van der Waals surface area contributed by atoms with Crippen LogP contribution in [0.3, 0.4) is 0 Å². The molecule has 9 heteroatoms. The Hall–Kier alpha value is -1.07. The van der Waals surface area contributed by atoms with Gasteiger partial charge in [0.1, 0.15) is 0 Å². The molecule has 0 spiro atoms. The number of nitrogens with one attached hydrogen (secondary N) is 2. The molecule has 0 saturated carbocycles. The SMILES string of the molecule is CCNC(=NCC(O)c1ccc(C(C)(C)C)cc1)NCC1CCN(CC(F)(F)F)C1.I. The summed E-state index contributed by atoms with van der Waals surface area (Å²) in [7, 11) is 0. The van der Waals surface area contributed by atoms with Gasteiger partial charge in [-0.05, 0) is 42.3 Å². The Balaban J connectivity index is 0.00000480. The Bertz CT molecular complexity index is 689. The highest BCUT2D eigenvalue weighted by atomic mass is 127. The maximum atomic E-state index is 12.5. The molecule has 5 nitrogen and oxygen atoms in total. The van der Waals surface area contributed by atoms with Crippen LogP contribution in [0.25, 0.3) is 0 Å². The second-order valence-electron chi connectivity index (χ2n) is 8.99. The minimum atomic E-state index is -4.15. The molecule has 1 aliphatic rings. The van der Waals surface area contributed by atoms with Gasteiger partial charge in [0.15, 0.2) is 5.96 Å². The first-order valence-corrected chi connectivity index (χ1v) is 10.6. The van der Waals surface area contributed by atoms with E-state index in [1.54, 1.807) is 0 Å². The number of guanidine groups is 1. The van der Waals surface area contributed by atoms with Gasteiger partial charge in [0.2, 0.25) is 0 Å². The number of nitrogens with zero attached hydrogens (tertiary/aromatic N) is 2. The lowest BCUT2D eigenvalue weighted by Crippen LogP contribution is -2.41. The van der Waals surface area contributed by atoms with E-state index in [1.807, 2.05) is 31.2 Å². The summed E-state index contributed by atoms with van der Waals surface area (Å²) in [4.78, 5) is 5.90. The number of rotatable bonds is 7. The van der Waals surface area contributed by atoms with Gasteiger partial charge in [-0.25, -0.2) is 0 Å². The van der Waals surface area contributed by atoms with Crippen molar-refractivity contribution in [2.75, 3.05) is 39.3 Å². The summed E-state index contributed by atoms with van der Waals surface area (Å²) in [5.41, 5.74) is 2.06. The molecule has 0 amide bonds. The summed E-state index contributed by atoms with van der Waals surface area (Å²) in [6.45, 7) is 9.82. The van der Waals surface area contributed by atoms with Crippen molar-refractivity contribution in [2.24, 2.45) is 10.9 Å². The minimum Gasteiger partial charge on any atom is -0.386 e. The van der Waals surface area contributed by atoms with Gasteiger partial charge in [0, 0.05) is 19.6 Å². The topological polar surface area (TPSA) is 59.9 Å². The van der Waals surface area contributed by atoms with Crippen LogP contribution < -0.4 is 10.6 Å². The summed E-state index contributed by atoms with van der Waals surface area (Å²) < 4.78 is 37.6. The van der Waals surface area contributed by atoms with Gasteiger partial charge >= 0.3 is 6.18 Å². The number of alkyl halides is 3. The van der Waals surface area contributed by atoms with Crippen LogP contribution in [0, 0.1) is 5.92 Å². The Labute approximate surface area is 200 Å². The van der Waals surface area contributed by atoms with Crippen LogP contribution in [0.4, 0.5) is 13.2 Å². The zero-order valence-corrected chi connectivity index (χ0v) is 21.1. The third-order valence-electron chi connectivity index (χ3n) is 5.26. The molecule has 0 aliphatic carbocycles. The molecule has 178 valence electrons. The fraction of sp³-hybridized carbons (Fsp3) is 0.682. The van der Waals surface area contributed by atoms with Crippen LogP contribution in [0.5, 0.6) is 0 Å². The fourth-order valence-corrected chi connectivity index (χ4v) is 3.55. The molecule has 0 radical (unpaired) electrons. The molecule has 1 aliphatic heterocycles. The summed E-state index contributed by atoms with van der Waals surface area (Å²) >= 11 is 0. The number of aliphatic imine (C=N–C) groups is 1. The van der Waals surface area contributed by atoms with Crippen LogP contribution in [-0.2, 0) is 5.41 Å². The molecule has 2 rings (SSSR count). The predicted octanol–water partition coefficient (Wildman–Crippen LogP) is 4.07. The molecule has 31 heavy (non-hydrogen) atoms. The smallest absolute Gasteiger partial charge is 0.386 e. The Morgan fingerprint density at radius 1 is 1.19 bits per heavy atom. The monoisotopic (exact) mass is 556 g/mol. The maximum Gasteiger partial charge on any atom is 0.401 e. The number of halogens is 4. The van der Waals surface area contributed by atoms with Crippen molar-refractivity contribution in [2.45, 2.75) is 51.8 Å². The molecule has 2 atom stereocenters. The van der Waals surface area contributed by atoms with Gasteiger partial charge < -0.3 is 15.7 Å². The molecule has 1 fully saturated rings. The third kappa shape index (κ3) is 9.95. The highest BCUT2D eigenvalue weighted by Crippen LogP contribution is 2.24. The van der Waals surface area contributed by atoms with Crippen LogP contribution >= 0.6 is 24.0 Å². The molecule has 3 N–H and O–H groups in total. The molecular formula is C22H36F3IN4O. The largest absolute Gasteiger partial charge is 0.401 e. The van der Waals surface area contributed by atoms with Crippen molar-refractivity contribution in [3.8, 4) is 0 Å². The quantitative estimate of drug-likeness (QED) is 0.269. The number of likely N-dealkylation sites (tertiary alicyclic amines) is 1. The molecule has 1 saturated heterocycles. The van der Waals surface area contributed by atoms with Gasteiger partial charge in [0.25, 0.3) is 0 Å². The molecule has 0 bridgehead atoms. The van der Waals surface area contributed by atoms with Crippen molar-refractivity contribution in [3.05, 3.63) is 35.4 Å². The van der Waals surface area contributed by atoms with E-state index < -0.39 is 18.8 Å². The predicted molar refractivity (Wildman–Crippen MR) is 130 cm³/mol. The summed E-state index contributed by atoms with van der Waals surface area (Å²) in [5, 5.41) is 16.8. The van der Waals surface area contributed by atoms with E-state index in [1.165, 1.54) is 10.5 Å². The van der Waals surface area contributed by atoms with E-state index in [9.17, 15) is 18.3 Å². The van der Waals surface area contributed by atoms with Crippen molar-refractivity contribution >= 4 is 29.9 Å². The van der Waals surface area contributed by atoms with Crippen LogP contribution in [0.2, 0.25) is 0 Å². The van der Waals surface area contributed by atoms with Crippen LogP contribution in [-0.4, -0.2) is 61.4 Å². The standard InChI is InChI=1S/C22H35F3N4O.HI/c1-5-26-20(27-12-16-10-11-29(14-16)15-22(23,24)25)28-13-19(30)17-6-8-18(9-7-17)21(2,3)4;/h6-9,16,19,30H,5,10-15H2,1-4H3,(H2,26,27,28);1H. The lowest BCUT2D eigenvalue weighted by Gasteiger charge is -2.20. The zero-order chi connectivity index (χ0) is 22.4. The van der Waals surface area contributed by atoms with Gasteiger partial charge in [-0.3, -0.25) is 9.89 Å². The lowest BCUT2D eigenvalue weighted by atomic mass is 9.86. The Morgan fingerprint density at radius 3 is 2.39 bits per heavy atom. The molecule has 1 heterocycles. The Morgan fingerprint density at radius 2 is 1.84 bits per heavy atom. The summed E-state index contributed by atoms with van der Waals surface area (Å²) in [6.07, 6.45) is -4.14. The molecule has 0 aromatic heterocycles. The van der Waals surface area contributed by atoms with Crippen molar-refractivity contribution in [3.63, 3.8) is 0 Å². The van der Waals surface area contributed by atoms with E-state index in [2.05, 4.69) is 36.4 Å². The first-order valence-electron chi connectivity index (χ1n) is 10.6. The van der Waals surface area contributed by atoms with E-state index in [0.29, 0.717) is 32.1 Å². The van der Waals surface area contributed by atoms with Crippen molar-refractivity contribution in [1.29, 1.82) is 0 Å². The first-order chi connectivity index (χ1) is 14.0. The highest BCUT2D eigenvalue weighted by molar-refractivity contribution is 14.0. The summed E-state index contributed by atoms with van der Waals surface area (Å²) in [6, 6.07) is 7.90. The van der Waals surface area contributed by atoms with E-state index in [4.69, 9.17) is 0 Å². The first kappa shape index (κ1) is 28.0. The highest BCUT2D eigenvalue weighted by Gasteiger charge is 2.34. The Kier molecular flexibility index (Phi) is 11.0. The van der Waals surface area contributed by atoms with Crippen LogP contribution in [0.15, 0.2) is 29.3 Å². The fourth-order valence-electron chi connectivity index (χ4n) is 3.55. The van der Waals surface area contributed by atoms with Gasteiger partial charge in [-0.15, -0.1) is 24.0 Å². The number of aliphatic hydroxyl groups excluding tert-OH is 1. The number of benzene rings is 1. The third-order valence-corrected chi connectivity index (χ3v) is 5.26. The van der Waals surface area contributed by atoms with E-state index >= 15 is 0 Å². The second-order valence-corrected chi connectivity index (χ2v) is 8.99. The molecule has 2 unspecified atom stereocenters. The van der Waals surface area contributed by atoms with E-state index in [-0.39, 0.29) is 41.9 Å². The van der Waals surface area contributed by atoms with Crippen molar-refractivity contribution < 1.29 is 18.3 Å². The van der Waals surface area contributed by atoms with Gasteiger partial charge in [0.05, 0.1) is 19.2 Å². The molecule has 1 aromatic carbocycles. The molecular weight excluding hydrogens is 520 g/mol. The van der Waals surface area contributed by atoms with Gasteiger partial charge in [-0.2, -0.15) is 13.2 Å². The zero-order valence-electron chi connectivity index (χ0n) is 18.8. The van der Waals surface area contributed by atoms with Crippen LogP contribution in [0.1, 0.15) is 51.3 Å². The maximum absolute atomic E-state index is 12.5. The van der Waals surface area contributed by atoms with E-state index in [0.717, 1.165) is 12.0 Å². The number of hydrogen-bond donors (Lipinski definition) is 3. The van der Waals surface area contributed by atoms with Gasteiger partial charge in [-0.1, -0.05) is 45.0 Å². The average molecular weight is 556 g/mol. The average Bonchev–Trinajstić information content (AvgIpc) is 3.08. The molecule has 1 aromatic rings. The summed E-state index contributed by atoms with van der Waals surface area (Å²) in [5.74, 6) is 0.711. The lowest BCUT2D eigenvalue weighted by molar-refractivity contribution is -0.143.